The maximum absolute atomic E-state index is 13.2. The van der Waals surface area contributed by atoms with Gasteiger partial charge < -0.3 is 15.4 Å². The van der Waals surface area contributed by atoms with Crippen molar-refractivity contribution in [1.29, 1.82) is 0 Å². The third-order valence-corrected chi connectivity index (χ3v) is 4.41. The van der Waals surface area contributed by atoms with Crippen molar-refractivity contribution >= 4 is 27.6 Å². The van der Waals surface area contributed by atoms with E-state index in [1.165, 1.54) is 25.0 Å². The fourth-order valence-corrected chi connectivity index (χ4v) is 2.92. The lowest BCUT2D eigenvalue weighted by atomic mass is 10.1. The number of carbonyl (C=O) groups excluding carboxylic acids is 1. The number of rotatable bonds is 3. The molecule has 1 aliphatic heterocycles. The molecule has 1 aliphatic carbocycles. The maximum atomic E-state index is 13.2. The van der Waals surface area contributed by atoms with E-state index < -0.39 is 0 Å². The number of halogens is 2. The molecule has 4 nitrogen and oxygen atoms in total. The lowest BCUT2D eigenvalue weighted by molar-refractivity contribution is 0.0829. The Morgan fingerprint density at radius 3 is 2.90 bits per heavy atom. The molecule has 2 atom stereocenters. The Balaban J connectivity index is 1.60. The van der Waals surface area contributed by atoms with E-state index in [0.717, 1.165) is 6.42 Å². The molecule has 6 heteroatoms. The molecule has 1 saturated carbocycles. The van der Waals surface area contributed by atoms with Crippen LogP contribution < -0.4 is 10.6 Å². The van der Waals surface area contributed by atoms with E-state index >= 15 is 0 Å². The predicted octanol–water partition coefficient (Wildman–Crippen LogP) is 3.28. The van der Waals surface area contributed by atoms with Gasteiger partial charge in [-0.25, -0.2) is 9.18 Å². The molecule has 2 aliphatic rings. The molecule has 0 bridgehead atoms. The first kappa shape index (κ1) is 13.8. The molecule has 0 spiro atoms. The zero-order valence-electron chi connectivity index (χ0n) is 10.9. The molecular weight excluding hydrogens is 327 g/mol. The predicted molar refractivity (Wildman–Crippen MR) is 77.1 cm³/mol. The molecule has 20 heavy (non-hydrogen) atoms. The van der Waals surface area contributed by atoms with Gasteiger partial charge >= 0.3 is 6.03 Å². The number of amides is 2. The van der Waals surface area contributed by atoms with Crippen LogP contribution in [0.1, 0.15) is 19.3 Å². The fourth-order valence-electron chi connectivity index (χ4n) is 2.58. The first-order valence-electron chi connectivity index (χ1n) is 6.77. The minimum atomic E-state index is -0.386. The summed E-state index contributed by atoms with van der Waals surface area (Å²) in [7, 11) is 0. The van der Waals surface area contributed by atoms with Gasteiger partial charge in [-0.05, 0) is 59.3 Å². The molecular formula is C14H16BrFN2O2. The maximum Gasteiger partial charge on any atom is 0.319 e. The summed E-state index contributed by atoms with van der Waals surface area (Å²) in [4.78, 5) is 12.0. The minimum absolute atomic E-state index is 0.0508. The van der Waals surface area contributed by atoms with Gasteiger partial charge in [0.05, 0.1) is 17.8 Å². The molecule has 0 radical (unpaired) electrons. The molecule has 1 saturated heterocycles. The minimum Gasteiger partial charge on any atom is -0.376 e. The third kappa shape index (κ3) is 3.12. The number of urea groups is 1. The van der Waals surface area contributed by atoms with E-state index in [4.69, 9.17) is 4.74 Å². The topological polar surface area (TPSA) is 50.4 Å². The van der Waals surface area contributed by atoms with Gasteiger partial charge in [-0.15, -0.1) is 0 Å². The van der Waals surface area contributed by atoms with E-state index in [1.807, 2.05) is 0 Å². The van der Waals surface area contributed by atoms with E-state index in [2.05, 4.69) is 26.6 Å². The van der Waals surface area contributed by atoms with Crippen LogP contribution in [0.4, 0.5) is 14.9 Å². The van der Waals surface area contributed by atoms with Crippen LogP contribution in [-0.2, 0) is 4.74 Å². The summed E-state index contributed by atoms with van der Waals surface area (Å²) in [6.07, 6.45) is 3.33. The number of ether oxygens (including phenoxy) is 1. The van der Waals surface area contributed by atoms with Crippen LogP contribution >= 0.6 is 15.9 Å². The van der Waals surface area contributed by atoms with Gasteiger partial charge in [0, 0.05) is 11.1 Å². The number of nitrogens with one attached hydrogen (secondary N) is 2. The largest absolute Gasteiger partial charge is 0.376 e. The Kier molecular flexibility index (Phi) is 3.94. The number of anilines is 1. The highest BCUT2D eigenvalue weighted by atomic mass is 79.9. The van der Waals surface area contributed by atoms with Gasteiger partial charge in [-0.2, -0.15) is 0 Å². The van der Waals surface area contributed by atoms with Crippen molar-refractivity contribution in [2.45, 2.75) is 31.4 Å². The Morgan fingerprint density at radius 2 is 2.15 bits per heavy atom. The molecule has 1 aromatic carbocycles. The second-order valence-electron chi connectivity index (χ2n) is 5.29. The highest BCUT2D eigenvalue weighted by Gasteiger charge is 2.41. The van der Waals surface area contributed by atoms with Crippen molar-refractivity contribution in [1.82, 2.24) is 5.32 Å². The van der Waals surface area contributed by atoms with Gasteiger partial charge in [0.1, 0.15) is 5.82 Å². The van der Waals surface area contributed by atoms with Crippen molar-refractivity contribution in [3.63, 3.8) is 0 Å². The Labute approximate surface area is 125 Å². The van der Waals surface area contributed by atoms with Crippen molar-refractivity contribution in [3.05, 3.63) is 28.5 Å². The summed E-state index contributed by atoms with van der Waals surface area (Å²) < 4.78 is 19.5. The number of hydrogen-bond acceptors (Lipinski definition) is 2. The van der Waals surface area contributed by atoms with Crippen LogP contribution in [0.5, 0.6) is 0 Å². The van der Waals surface area contributed by atoms with Crippen LogP contribution in [0.3, 0.4) is 0 Å². The van der Waals surface area contributed by atoms with Gasteiger partial charge in [0.15, 0.2) is 0 Å². The fraction of sp³-hybridized carbons (Fsp3) is 0.500. The summed E-state index contributed by atoms with van der Waals surface area (Å²) >= 11 is 3.28. The summed E-state index contributed by atoms with van der Waals surface area (Å²) in [5, 5.41) is 5.59. The smallest absolute Gasteiger partial charge is 0.319 e. The average Bonchev–Trinajstić information content (AvgIpc) is 3.15. The van der Waals surface area contributed by atoms with Crippen molar-refractivity contribution in [2.75, 3.05) is 11.9 Å². The SMILES string of the molecule is O=C(Nc1cc(F)ccc1Br)N[C@@H]1CCO[C@@H]1C1CC1. The first-order chi connectivity index (χ1) is 9.63. The molecule has 3 rings (SSSR count). The second kappa shape index (κ2) is 5.69. The second-order valence-corrected chi connectivity index (χ2v) is 6.14. The zero-order chi connectivity index (χ0) is 14.1. The first-order valence-corrected chi connectivity index (χ1v) is 7.57. The van der Waals surface area contributed by atoms with Crippen molar-refractivity contribution < 1.29 is 13.9 Å². The molecule has 2 amide bonds. The quantitative estimate of drug-likeness (QED) is 0.885. The number of benzene rings is 1. The van der Waals surface area contributed by atoms with Gasteiger partial charge in [-0.1, -0.05) is 0 Å². The summed E-state index contributed by atoms with van der Waals surface area (Å²) in [6.45, 7) is 0.690. The highest BCUT2D eigenvalue weighted by molar-refractivity contribution is 9.10. The highest BCUT2D eigenvalue weighted by Crippen LogP contribution is 2.38. The van der Waals surface area contributed by atoms with Crippen LogP contribution in [0.2, 0.25) is 0 Å². The lowest BCUT2D eigenvalue weighted by Crippen LogP contribution is -2.43. The monoisotopic (exact) mass is 342 g/mol. The van der Waals surface area contributed by atoms with Crippen molar-refractivity contribution in [3.8, 4) is 0 Å². The molecule has 108 valence electrons. The number of hydrogen-bond donors (Lipinski definition) is 2. The Hall–Kier alpha value is -1.14. The zero-order valence-corrected chi connectivity index (χ0v) is 12.5. The van der Waals surface area contributed by atoms with E-state index in [1.54, 1.807) is 6.07 Å². The molecule has 0 unspecified atom stereocenters. The average molecular weight is 343 g/mol. The van der Waals surface area contributed by atoms with Crippen LogP contribution in [0, 0.1) is 11.7 Å². The van der Waals surface area contributed by atoms with E-state index in [0.29, 0.717) is 22.7 Å². The van der Waals surface area contributed by atoms with E-state index in [9.17, 15) is 9.18 Å². The van der Waals surface area contributed by atoms with E-state index in [-0.39, 0.29) is 24.0 Å². The van der Waals surface area contributed by atoms with Crippen LogP contribution in [0.25, 0.3) is 0 Å². The molecule has 2 fully saturated rings. The molecule has 1 heterocycles. The molecule has 2 N–H and O–H groups in total. The summed E-state index contributed by atoms with van der Waals surface area (Å²) in [6, 6.07) is 3.91. The van der Waals surface area contributed by atoms with Crippen LogP contribution in [0.15, 0.2) is 22.7 Å². The van der Waals surface area contributed by atoms with Crippen LogP contribution in [-0.4, -0.2) is 24.8 Å². The summed E-state index contributed by atoms with van der Waals surface area (Å²) in [5.74, 6) is 0.201. The third-order valence-electron chi connectivity index (χ3n) is 3.72. The lowest BCUT2D eigenvalue weighted by Gasteiger charge is -2.20. The summed E-state index contributed by atoms with van der Waals surface area (Å²) in [5.41, 5.74) is 0.421. The molecule has 1 aromatic rings. The van der Waals surface area contributed by atoms with Gasteiger partial charge in [-0.3, -0.25) is 0 Å². The Morgan fingerprint density at radius 1 is 1.35 bits per heavy atom. The van der Waals surface area contributed by atoms with Crippen molar-refractivity contribution in [2.24, 2.45) is 5.92 Å². The van der Waals surface area contributed by atoms with Gasteiger partial charge in [0.25, 0.3) is 0 Å². The Bertz CT molecular complexity index is 522. The molecule has 0 aromatic heterocycles. The number of carbonyl (C=O) groups is 1. The van der Waals surface area contributed by atoms with Gasteiger partial charge in [0.2, 0.25) is 0 Å². The normalized spacial score (nSPS) is 25.5. The standard InChI is InChI=1S/C14H16BrFN2O2/c15-10-4-3-9(16)7-12(10)18-14(19)17-11-5-6-20-13(11)8-1-2-8/h3-4,7-8,11,13H,1-2,5-6H2,(H2,17,18,19)/t11-,13-/m1/s1.